The molecule has 21 heavy (non-hydrogen) atoms. The molecule has 0 aliphatic carbocycles. The molecule has 1 aromatic carbocycles. The van der Waals surface area contributed by atoms with Gasteiger partial charge in [0.2, 0.25) is 10.0 Å². The zero-order chi connectivity index (χ0) is 16.0. The van der Waals surface area contributed by atoms with Crippen LogP contribution < -0.4 is 4.72 Å². The van der Waals surface area contributed by atoms with E-state index in [1.807, 2.05) is 0 Å². The summed E-state index contributed by atoms with van der Waals surface area (Å²) in [6, 6.07) is 4.30. The summed E-state index contributed by atoms with van der Waals surface area (Å²) in [6.07, 6.45) is 0.0635. The van der Waals surface area contributed by atoms with E-state index in [9.17, 15) is 18.0 Å². The van der Waals surface area contributed by atoms with Gasteiger partial charge in [0.05, 0.1) is 17.6 Å². The number of benzene rings is 1. The lowest BCUT2D eigenvalue weighted by Crippen LogP contribution is -2.26. The van der Waals surface area contributed by atoms with Crippen molar-refractivity contribution >= 4 is 22.0 Å². The first-order valence-electron chi connectivity index (χ1n) is 6.19. The van der Waals surface area contributed by atoms with Crippen LogP contribution in [0.25, 0.3) is 0 Å². The Labute approximate surface area is 123 Å². The van der Waals surface area contributed by atoms with Crippen molar-refractivity contribution in [2.45, 2.75) is 24.7 Å². The van der Waals surface area contributed by atoms with Crippen LogP contribution in [0.1, 0.15) is 28.8 Å². The van der Waals surface area contributed by atoms with E-state index in [-0.39, 0.29) is 35.4 Å². The van der Waals surface area contributed by atoms with Gasteiger partial charge in [0.25, 0.3) is 0 Å². The number of rotatable bonds is 7. The number of carboxylic acids is 1. The van der Waals surface area contributed by atoms with Crippen molar-refractivity contribution < 1.29 is 27.9 Å². The van der Waals surface area contributed by atoms with Gasteiger partial charge in [-0.15, -0.1) is 0 Å². The predicted molar refractivity (Wildman–Crippen MR) is 74.6 cm³/mol. The molecule has 0 aromatic heterocycles. The molecule has 0 radical (unpaired) electrons. The Hall–Kier alpha value is -1.93. The van der Waals surface area contributed by atoms with Crippen molar-refractivity contribution in [1.29, 1.82) is 0 Å². The summed E-state index contributed by atoms with van der Waals surface area (Å²) in [5.74, 6) is -1.60. The molecule has 0 heterocycles. The highest BCUT2D eigenvalue weighted by molar-refractivity contribution is 7.89. The summed E-state index contributed by atoms with van der Waals surface area (Å²) in [5.41, 5.74) is 0.459. The summed E-state index contributed by atoms with van der Waals surface area (Å²) in [4.78, 5) is 21.9. The minimum Gasteiger partial charge on any atom is -0.481 e. The lowest BCUT2D eigenvalue weighted by molar-refractivity contribution is -0.137. The quantitative estimate of drug-likeness (QED) is 0.572. The monoisotopic (exact) mass is 315 g/mol. The van der Waals surface area contributed by atoms with Crippen LogP contribution in [-0.4, -0.2) is 39.1 Å². The fourth-order valence-corrected chi connectivity index (χ4v) is 3.10. The van der Waals surface area contributed by atoms with Gasteiger partial charge in [0, 0.05) is 13.0 Å². The van der Waals surface area contributed by atoms with Gasteiger partial charge in [0.15, 0.2) is 0 Å². The normalized spacial score (nSPS) is 11.1. The third-order valence-electron chi connectivity index (χ3n) is 2.84. The van der Waals surface area contributed by atoms with E-state index in [1.54, 1.807) is 0 Å². The Bertz CT molecular complexity index is 638. The lowest BCUT2D eigenvalue weighted by atomic mass is 10.1. The van der Waals surface area contributed by atoms with Crippen molar-refractivity contribution in [3.05, 3.63) is 29.3 Å². The summed E-state index contributed by atoms with van der Waals surface area (Å²) >= 11 is 0. The fraction of sp³-hybridized carbons (Fsp3) is 0.385. The maximum atomic E-state index is 12.2. The molecule has 1 rings (SSSR count). The lowest BCUT2D eigenvalue weighted by Gasteiger charge is -2.11. The van der Waals surface area contributed by atoms with Crippen LogP contribution in [-0.2, 0) is 19.6 Å². The molecule has 116 valence electrons. The van der Waals surface area contributed by atoms with E-state index in [0.717, 1.165) is 0 Å². The highest BCUT2D eigenvalue weighted by atomic mass is 32.2. The fourth-order valence-electron chi connectivity index (χ4n) is 1.76. The number of ether oxygens (including phenoxy) is 1. The number of carbonyl (C=O) groups is 2. The molecule has 7 nitrogen and oxygen atoms in total. The van der Waals surface area contributed by atoms with E-state index in [0.29, 0.717) is 0 Å². The number of carboxylic acid groups (broad SMARTS) is 1. The highest BCUT2D eigenvalue weighted by Crippen LogP contribution is 2.19. The SMILES string of the molecule is COC(=O)c1cccc(S(=O)(=O)NCCCC(=O)O)c1C. The van der Waals surface area contributed by atoms with Crippen molar-refractivity contribution in [1.82, 2.24) is 4.72 Å². The Kier molecular flexibility index (Phi) is 5.86. The minimum absolute atomic E-state index is 0.0104. The molecule has 0 aliphatic rings. The van der Waals surface area contributed by atoms with E-state index >= 15 is 0 Å². The number of nitrogens with one attached hydrogen (secondary N) is 1. The largest absolute Gasteiger partial charge is 0.481 e. The summed E-state index contributed by atoms with van der Waals surface area (Å²) < 4.78 is 31.2. The van der Waals surface area contributed by atoms with Crippen LogP contribution in [0.4, 0.5) is 0 Å². The third-order valence-corrected chi connectivity index (χ3v) is 4.44. The van der Waals surface area contributed by atoms with Gasteiger partial charge in [0.1, 0.15) is 0 Å². The maximum Gasteiger partial charge on any atom is 0.338 e. The summed E-state index contributed by atoms with van der Waals surface area (Å²) in [7, 11) is -2.59. The first-order valence-corrected chi connectivity index (χ1v) is 7.67. The number of methoxy groups -OCH3 is 1. The Balaban J connectivity index is 2.93. The van der Waals surface area contributed by atoms with Crippen LogP contribution in [0.5, 0.6) is 0 Å². The number of hydrogen-bond donors (Lipinski definition) is 2. The molecular weight excluding hydrogens is 298 g/mol. The molecule has 0 fully saturated rings. The van der Waals surface area contributed by atoms with Crippen LogP contribution >= 0.6 is 0 Å². The molecule has 0 unspecified atom stereocenters. The van der Waals surface area contributed by atoms with Gasteiger partial charge in [-0.2, -0.15) is 0 Å². The van der Waals surface area contributed by atoms with Crippen LogP contribution in [0.15, 0.2) is 23.1 Å². The smallest absolute Gasteiger partial charge is 0.338 e. The average molecular weight is 315 g/mol. The van der Waals surface area contributed by atoms with Crippen molar-refractivity contribution in [2.75, 3.05) is 13.7 Å². The van der Waals surface area contributed by atoms with E-state index in [4.69, 9.17) is 5.11 Å². The Morgan fingerprint density at radius 1 is 1.33 bits per heavy atom. The molecule has 8 heteroatoms. The van der Waals surface area contributed by atoms with Crippen molar-refractivity contribution in [2.24, 2.45) is 0 Å². The summed E-state index contributed by atoms with van der Waals surface area (Å²) in [6.45, 7) is 1.52. The molecule has 2 N–H and O–H groups in total. The van der Waals surface area contributed by atoms with Gasteiger partial charge in [-0.05, 0) is 31.0 Å². The Morgan fingerprint density at radius 3 is 2.57 bits per heavy atom. The number of sulfonamides is 1. The molecule has 0 atom stereocenters. The van der Waals surface area contributed by atoms with Crippen LogP contribution in [0.3, 0.4) is 0 Å². The van der Waals surface area contributed by atoms with Gasteiger partial charge in [-0.25, -0.2) is 17.9 Å². The zero-order valence-corrected chi connectivity index (χ0v) is 12.6. The van der Waals surface area contributed by atoms with Crippen molar-refractivity contribution in [3.63, 3.8) is 0 Å². The zero-order valence-electron chi connectivity index (χ0n) is 11.8. The average Bonchev–Trinajstić information content (AvgIpc) is 2.42. The Morgan fingerprint density at radius 2 is 2.00 bits per heavy atom. The topological polar surface area (TPSA) is 110 Å². The van der Waals surface area contributed by atoms with Gasteiger partial charge < -0.3 is 9.84 Å². The highest BCUT2D eigenvalue weighted by Gasteiger charge is 2.20. The summed E-state index contributed by atoms with van der Waals surface area (Å²) in [5, 5.41) is 8.50. The van der Waals surface area contributed by atoms with Gasteiger partial charge in [-0.1, -0.05) is 6.07 Å². The molecule has 0 aliphatic heterocycles. The number of carbonyl (C=O) groups excluding carboxylic acids is 1. The van der Waals surface area contributed by atoms with Crippen LogP contribution in [0, 0.1) is 6.92 Å². The third kappa shape index (κ3) is 4.54. The van der Waals surface area contributed by atoms with E-state index in [2.05, 4.69) is 9.46 Å². The second-order valence-electron chi connectivity index (χ2n) is 4.32. The number of esters is 1. The second-order valence-corrected chi connectivity index (χ2v) is 6.05. The molecule has 0 spiro atoms. The van der Waals surface area contributed by atoms with E-state index in [1.165, 1.54) is 32.2 Å². The first kappa shape index (κ1) is 17.1. The molecule has 0 amide bonds. The predicted octanol–water partition coefficient (Wildman–Crippen LogP) is 0.925. The first-order chi connectivity index (χ1) is 9.79. The molecular formula is C13H17NO6S. The van der Waals surface area contributed by atoms with Gasteiger partial charge in [-0.3, -0.25) is 4.79 Å². The molecule has 0 bridgehead atoms. The van der Waals surface area contributed by atoms with Crippen molar-refractivity contribution in [3.8, 4) is 0 Å². The maximum absolute atomic E-state index is 12.2. The van der Waals surface area contributed by atoms with Gasteiger partial charge >= 0.3 is 11.9 Å². The molecule has 1 aromatic rings. The number of hydrogen-bond acceptors (Lipinski definition) is 5. The molecule has 0 saturated carbocycles. The molecule has 0 saturated heterocycles. The van der Waals surface area contributed by atoms with Crippen LogP contribution in [0.2, 0.25) is 0 Å². The minimum atomic E-state index is -3.80. The van der Waals surface area contributed by atoms with E-state index < -0.39 is 22.0 Å². The second kappa shape index (κ2) is 7.19. The standard InChI is InChI=1S/C13H17NO6S/c1-9-10(13(17)20-2)5-3-6-11(9)21(18,19)14-8-4-7-12(15)16/h3,5-6,14H,4,7-8H2,1-2H3,(H,15,16). The number of aliphatic carboxylic acids is 1.